The molecule has 2 aromatic carbocycles. The first kappa shape index (κ1) is 22.6. The van der Waals surface area contributed by atoms with Gasteiger partial charge in [-0.15, -0.1) is 0 Å². The number of thiophene rings is 1. The fourth-order valence-corrected chi connectivity index (χ4v) is 4.97. The van der Waals surface area contributed by atoms with Gasteiger partial charge in [-0.1, -0.05) is 34.8 Å². The zero-order valence-corrected chi connectivity index (χ0v) is 20.2. The third kappa shape index (κ3) is 5.07. The maximum absolute atomic E-state index is 11.1. The summed E-state index contributed by atoms with van der Waals surface area (Å²) >= 11 is 2.67. The molecule has 0 unspecified atom stereocenters. The van der Waals surface area contributed by atoms with Crippen LogP contribution in [0.2, 0.25) is 0 Å². The lowest BCUT2D eigenvalue weighted by Crippen LogP contribution is -2.07. The molecule has 8 nitrogen and oxygen atoms in total. The predicted molar refractivity (Wildman–Crippen MR) is 137 cm³/mol. The minimum absolute atomic E-state index is 0.116. The molecule has 0 saturated heterocycles. The van der Waals surface area contributed by atoms with Crippen LogP contribution in [0.5, 0.6) is 0 Å². The van der Waals surface area contributed by atoms with Crippen molar-refractivity contribution < 1.29 is 4.92 Å². The molecule has 33 heavy (non-hydrogen) atoms. The van der Waals surface area contributed by atoms with E-state index in [-0.39, 0.29) is 9.92 Å². The molecule has 0 radical (unpaired) electrons. The molecule has 0 aliphatic heterocycles. The second-order valence-electron chi connectivity index (χ2n) is 7.62. The fourth-order valence-electron chi connectivity index (χ4n) is 3.03. The van der Waals surface area contributed by atoms with Gasteiger partial charge in [0.25, 0.3) is 0 Å². The largest absolute Gasteiger partial charge is 0.378 e. The average molecular weight is 479 g/mol. The summed E-state index contributed by atoms with van der Waals surface area (Å²) in [5.41, 5.74) is 4.32. The smallest absolute Gasteiger partial charge is 0.324 e. The van der Waals surface area contributed by atoms with Crippen molar-refractivity contribution in [3.63, 3.8) is 0 Å². The van der Waals surface area contributed by atoms with E-state index in [1.54, 1.807) is 6.07 Å². The van der Waals surface area contributed by atoms with E-state index >= 15 is 0 Å². The minimum Gasteiger partial charge on any atom is -0.378 e. The van der Waals surface area contributed by atoms with Gasteiger partial charge in [0.2, 0.25) is 0 Å². The highest BCUT2D eigenvalue weighted by molar-refractivity contribution is 7.25. The SMILES string of the molecule is CN(C)c1ccc(N=Nc2ccc(-c3nc(N(C)C)sc3-c3ccc([N+](=O)[O-])s3)cc2)cc1. The molecular weight excluding hydrogens is 456 g/mol. The van der Waals surface area contributed by atoms with E-state index in [9.17, 15) is 10.1 Å². The minimum atomic E-state index is -0.365. The van der Waals surface area contributed by atoms with E-state index < -0.39 is 0 Å². The Morgan fingerprint density at radius 1 is 0.818 bits per heavy atom. The standard InChI is InChI=1S/C23H22N6O2S2/c1-27(2)18-11-9-17(10-12-18)26-25-16-7-5-15(6-8-16)21-22(33-23(24-21)28(3)4)19-13-14-20(32-19)29(30)31/h5-14H,1-4H3. The van der Waals surface area contributed by atoms with Crippen molar-refractivity contribution in [3.05, 3.63) is 70.8 Å². The van der Waals surface area contributed by atoms with Crippen molar-refractivity contribution in [2.75, 3.05) is 38.0 Å². The molecule has 4 aromatic rings. The molecule has 0 aliphatic rings. The van der Waals surface area contributed by atoms with Crippen molar-refractivity contribution in [1.29, 1.82) is 0 Å². The van der Waals surface area contributed by atoms with Crippen LogP contribution in [0, 0.1) is 10.1 Å². The summed E-state index contributed by atoms with van der Waals surface area (Å²) in [5, 5.41) is 20.7. The van der Waals surface area contributed by atoms with Crippen LogP contribution in [-0.2, 0) is 0 Å². The number of thiazole rings is 1. The molecule has 2 aromatic heterocycles. The molecule has 0 spiro atoms. The van der Waals surface area contributed by atoms with Gasteiger partial charge in [-0.25, -0.2) is 4.98 Å². The average Bonchev–Trinajstić information content (AvgIpc) is 3.46. The molecule has 0 bridgehead atoms. The Labute approximate surface area is 199 Å². The zero-order valence-electron chi connectivity index (χ0n) is 18.6. The number of rotatable bonds is 7. The summed E-state index contributed by atoms with van der Waals surface area (Å²) in [6.45, 7) is 0. The lowest BCUT2D eigenvalue weighted by atomic mass is 10.1. The van der Waals surface area contributed by atoms with Crippen LogP contribution in [0.25, 0.3) is 21.0 Å². The number of anilines is 2. The van der Waals surface area contributed by atoms with E-state index in [1.165, 1.54) is 17.4 Å². The van der Waals surface area contributed by atoms with Gasteiger partial charge in [0.1, 0.15) is 0 Å². The van der Waals surface area contributed by atoms with Crippen LogP contribution in [0.15, 0.2) is 70.9 Å². The molecule has 0 aliphatic carbocycles. The van der Waals surface area contributed by atoms with Gasteiger partial charge in [0.05, 0.1) is 31.7 Å². The molecule has 0 amide bonds. The van der Waals surface area contributed by atoms with Crippen molar-refractivity contribution >= 4 is 49.9 Å². The van der Waals surface area contributed by atoms with Crippen LogP contribution in [0.4, 0.5) is 27.2 Å². The lowest BCUT2D eigenvalue weighted by molar-refractivity contribution is -0.380. The summed E-state index contributed by atoms with van der Waals surface area (Å²) in [6, 6.07) is 18.8. The molecule has 2 heterocycles. The second-order valence-corrected chi connectivity index (χ2v) is 9.66. The zero-order chi connectivity index (χ0) is 23.5. The summed E-state index contributed by atoms with van der Waals surface area (Å²) in [5.74, 6) is 0. The highest BCUT2D eigenvalue weighted by atomic mass is 32.1. The molecule has 0 saturated carbocycles. The molecule has 0 N–H and O–H groups in total. The number of benzene rings is 2. The van der Waals surface area contributed by atoms with Gasteiger partial charge in [-0.05, 0) is 42.5 Å². The highest BCUT2D eigenvalue weighted by Crippen LogP contribution is 2.44. The Morgan fingerprint density at radius 3 is 1.94 bits per heavy atom. The van der Waals surface area contributed by atoms with Crippen molar-refractivity contribution in [1.82, 2.24) is 4.98 Å². The van der Waals surface area contributed by atoms with E-state index in [4.69, 9.17) is 4.98 Å². The predicted octanol–water partition coefficient (Wildman–Crippen LogP) is 6.99. The quantitative estimate of drug-likeness (QED) is 0.162. The van der Waals surface area contributed by atoms with Crippen LogP contribution < -0.4 is 9.80 Å². The van der Waals surface area contributed by atoms with E-state index in [2.05, 4.69) is 10.2 Å². The molecule has 0 fully saturated rings. The monoisotopic (exact) mass is 478 g/mol. The molecular formula is C23H22N6O2S2. The van der Waals surface area contributed by atoms with Gasteiger partial charge in [-0.2, -0.15) is 10.2 Å². The van der Waals surface area contributed by atoms with Gasteiger partial charge in [0.15, 0.2) is 5.13 Å². The van der Waals surface area contributed by atoms with E-state index in [0.717, 1.165) is 54.5 Å². The number of azo groups is 1. The van der Waals surface area contributed by atoms with Gasteiger partial charge in [0, 0.05) is 45.5 Å². The van der Waals surface area contributed by atoms with E-state index in [0.29, 0.717) is 0 Å². The fraction of sp³-hybridized carbons (Fsp3) is 0.174. The number of nitro groups is 1. The summed E-state index contributed by atoms with van der Waals surface area (Å²) in [7, 11) is 7.84. The number of hydrogen-bond acceptors (Lipinski definition) is 9. The summed E-state index contributed by atoms with van der Waals surface area (Å²) < 4.78 is 0. The number of hydrogen-bond donors (Lipinski definition) is 0. The first-order valence-electron chi connectivity index (χ1n) is 10.0. The highest BCUT2D eigenvalue weighted by Gasteiger charge is 2.20. The topological polar surface area (TPSA) is 87.2 Å². The number of nitrogens with zero attached hydrogens (tertiary/aromatic N) is 6. The Kier molecular flexibility index (Phi) is 6.47. The van der Waals surface area contributed by atoms with Crippen LogP contribution in [0.1, 0.15) is 0 Å². The van der Waals surface area contributed by atoms with Gasteiger partial charge < -0.3 is 9.80 Å². The summed E-state index contributed by atoms with van der Waals surface area (Å²) in [4.78, 5) is 21.2. The molecule has 0 atom stereocenters. The first-order valence-corrected chi connectivity index (χ1v) is 11.7. The molecule has 4 rings (SSSR count). The maximum Gasteiger partial charge on any atom is 0.324 e. The van der Waals surface area contributed by atoms with Crippen molar-refractivity contribution in [2.24, 2.45) is 10.2 Å². The Hall–Kier alpha value is -3.63. The van der Waals surface area contributed by atoms with Gasteiger partial charge >= 0.3 is 5.00 Å². The lowest BCUT2D eigenvalue weighted by Gasteiger charge is -2.11. The van der Waals surface area contributed by atoms with Crippen LogP contribution in [0.3, 0.4) is 0 Å². The normalized spacial score (nSPS) is 11.2. The third-order valence-corrected chi connectivity index (χ3v) is 7.22. The van der Waals surface area contributed by atoms with Crippen molar-refractivity contribution in [3.8, 4) is 21.0 Å². The second kappa shape index (κ2) is 9.47. The third-order valence-electron chi connectivity index (χ3n) is 4.78. The molecule has 10 heteroatoms. The Morgan fingerprint density at radius 2 is 1.42 bits per heavy atom. The van der Waals surface area contributed by atoms with Gasteiger partial charge in [-0.3, -0.25) is 10.1 Å². The first-order chi connectivity index (χ1) is 15.8. The van der Waals surface area contributed by atoms with Crippen molar-refractivity contribution in [2.45, 2.75) is 0 Å². The van der Waals surface area contributed by atoms with Crippen LogP contribution in [-0.4, -0.2) is 38.1 Å². The summed E-state index contributed by atoms with van der Waals surface area (Å²) in [6.07, 6.45) is 0. The van der Waals surface area contributed by atoms with E-state index in [1.807, 2.05) is 86.5 Å². The maximum atomic E-state index is 11.1. The number of aromatic nitrogens is 1. The molecule has 168 valence electrons. The van der Waals surface area contributed by atoms with Crippen LogP contribution >= 0.6 is 22.7 Å². The Bertz CT molecular complexity index is 1290. The Balaban J connectivity index is 1.61.